The molecule has 0 aromatic heterocycles. The van der Waals surface area contributed by atoms with Crippen LogP contribution in [0.4, 0.5) is 4.39 Å². The van der Waals surface area contributed by atoms with Crippen molar-refractivity contribution < 1.29 is 19.4 Å². The molecule has 3 rings (SSSR count). The van der Waals surface area contributed by atoms with Gasteiger partial charge in [0.2, 0.25) is 5.91 Å². The van der Waals surface area contributed by atoms with E-state index in [0.29, 0.717) is 25.8 Å². The third-order valence-electron chi connectivity index (χ3n) is 6.02. The summed E-state index contributed by atoms with van der Waals surface area (Å²) in [5.41, 5.74) is 2.50. The van der Waals surface area contributed by atoms with Gasteiger partial charge in [-0.1, -0.05) is 36.4 Å². The van der Waals surface area contributed by atoms with E-state index in [2.05, 4.69) is 0 Å². The summed E-state index contributed by atoms with van der Waals surface area (Å²) in [6, 6.07) is 14.0. The fourth-order valence-corrected chi connectivity index (χ4v) is 4.25. The monoisotopic (exact) mass is 385 g/mol. The lowest BCUT2D eigenvalue weighted by molar-refractivity contribution is -0.138. The lowest BCUT2D eigenvalue weighted by atomic mass is 9.69. The fraction of sp³-hybridized carbons (Fsp3) is 0.435. The summed E-state index contributed by atoms with van der Waals surface area (Å²) in [5, 5.41) is 18.5. The molecule has 0 aliphatic carbocycles. The largest absolute Gasteiger partial charge is 0.396 e. The third kappa shape index (κ3) is 4.26. The molecule has 5 heteroatoms. The second-order valence-corrected chi connectivity index (χ2v) is 7.70. The summed E-state index contributed by atoms with van der Waals surface area (Å²) in [6.45, 7) is 2.71. The SMILES string of the molecule is C[C@@H](c1ccc(CO)cc1)N1CCC(CCCO)(c2ccc(F)cc2)CC1=O. The first-order valence-corrected chi connectivity index (χ1v) is 9.85. The highest BCUT2D eigenvalue weighted by Gasteiger charge is 2.41. The Bertz CT molecular complexity index is 790. The Labute approximate surface area is 165 Å². The van der Waals surface area contributed by atoms with Crippen LogP contribution in [-0.4, -0.2) is 34.2 Å². The highest BCUT2D eigenvalue weighted by molar-refractivity contribution is 5.79. The number of amides is 1. The molecule has 4 nitrogen and oxygen atoms in total. The first-order valence-electron chi connectivity index (χ1n) is 9.85. The Morgan fingerprint density at radius 2 is 1.79 bits per heavy atom. The molecule has 1 unspecified atom stereocenters. The average molecular weight is 385 g/mol. The van der Waals surface area contributed by atoms with Crippen molar-refractivity contribution in [3.8, 4) is 0 Å². The van der Waals surface area contributed by atoms with E-state index in [1.165, 1.54) is 12.1 Å². The highest BCUT2D eigenvalue weighted by Crippen LogP contribution is 2.42. The van der Waals surface area contributed by atoms with Crippen LogP contribution in [0.2, 0.25) is 0 Å². The van der Waals surface area contributed by atoms with Gasteiger partial charge in [0.1, 0.15) is 5.82 Å². The number of piperidine rings is 1. The average Bonchev–Trinajstić information content (AvgIpc) is 2.72. The van der Waals surface area contributed by atoms with Crippen molar-refractivity contribution in [2.75, 3.05) is 13.2 Å². The lowest BCUT2D eigenvalue weighted by Gasteiger charge is -2.44. The molecule has 0 saturated carbocycles. The van der Waals surface area contributed by atoms with Crippen LogP contribution in [0, 0.1) is 5.82 Å². The number of nitrogens with zero attached hydrogens (tertiary/aromatic N) is 1. The predicted octanol–water partition coefficient (Wildman–Crippen LogP) is 3.71. The van der Waals surface area contributed by atoms with Gasteiger partial charge < -0.3 is 15.1 Å². The molecule has 28 heavy (non-hydrogen) atoms. The van der Waals surface area contributed by atoms with Gasteiger partial charge in [0.25, 0.3) is 0 Å². The molecule has 0 radical (unpaired) electrons. The Kier molecular flexibility index (Phi) is 6.47. The zero-order valence-corrected chi connectivity index (χ0v) is 16.3. The molecule has 0 bridgehead atoms. The van der Waals surface area contributed by atoms with Crippen molar-refractivity contribution in [2.45, 2.75) is 50.7 Å². The van der Waals surface area contributed by atoms with Gasteiger partial charge in [0.15, 0.2) is 0 Å². The van der Waals surface area contributed by atoms with Crippen LogP contribution in [0.3, 0.4) is 0 Å². The molecule has 1 saturated heterocycles. The molecule has 0 spiro atoms. The standard InChI is InChI=1S/C23H28FNO3/c1-17(19-5-3-18(16-27)4-6-19)25-13-12-23(11-2-14-26,15-22(25)28)20-7-9-21(24)10-8-20/h3-10,17,26-27H,2,11-16H2,1H3/t17-,23?/m0/s1. The zero-order valence-electron chi connectivity index (χ0n) is 16.3. The molecule has 1 fully saturated rings. The van der Waals surface area contributed by atoms with Gasteiger partial charge in [-0.25, -0.2) is 4.39 Å². The molecule has 1 amide bonds. The van der Waals surface area contributed by atoms with Crippen LogP contribution in [0.1, 0.15) is 55.3 Å². The van der Waals surface area contributed by atoms with Crippen molar-refractivity contribution in [1.82, 2.24) is 4.90 Å². The quantitative estimate of drug-likeness (QED) is 0.764. The van der Waals surface area contributed by atoms with Gasteiger partial charge >= 0.3 is 0 Å². The van der Waals surface area contributed by atoms with Crippen molar-refractivity contribution in [1.29, 1.82) is 0 Å². The van der Waals surface area contributed by atoms with Crippen LogP contribution in [-0.2, 0) is 16.8 Å². The smallest absolute Gasteiger partial charge is 0.223 e. The topological polar surface area (TPSA) is 60.8 Å². The summed E-state index contributed by atoms with van der Waals surface area (Å²) in [5.74, 6) is -0.211. The van der Waals surface area contributed by atoms with Gasteiger partial charge in [-0.3, -0.25) is 4.79 Å². The number of likely N-dealkylation sites (tertiary alicyclic amines) is 1. The van der Waals surface area contributed by atoms with E-state index in [1.807, 2.05) is 36.1 Å². The first kappa shape index (κ1) is 20.5. The Morgan fingerprint density at radius 3 is 2.36 bits per heavy atom. The van der Waals surface area contributed by atoms with E-state index >= 15 is 0 Å². The van der Waals surface area contributed by atoms with E-state index in [4.69, 9.17) is 0 Å². The van der Waals surface area contributed by atoms with Crippen LogP contribution in [0.25, 0.3) is 0 Å². The molecule has 2 aromatic carbocycles. The molecule has 1 heterocycles. The number of aliphatic hydroxyl groups is 2. The van der Waals surface area contributed by atoms with Crippen molar-refractivity contribution in [3.63, 3.8) is 0 Å². The minimum absolute atomic E-state index is 0.00233. The van der Waals surface area contributed by atoms with Crippen LogP contribution in [0.15, 0.2) is 48.5 Å². The van der Waals surface area contributed by atoms with Crippen LogP contribution in [0.5, 0.6) is 0 Å². The van der Waals surface area contributed by atoms with Crippen molar-refractivity contribution in [3.05, 3.63) is 71.0 Å². The Morgan fingerprint density at radius 1 is 1.11 bits per heavy atom. The van der Waals surface area contributed by atoms with E-state index in [-0.39, 0.29) is 36.4 Å². The molecule has 150 valence electrons. The minimum atomic E-state index is -0.357. The molecule has 2 N–H and O–H groups in total. The summed E-state index contributed by atoms with van der Waals surface area (Å²) in [6.07, 6.45) is 2.46. The van der Waals surface area contributed by atoms with Crippen molar-refractivity contribution in [2.24, 2.45) is 0 Å². The fourth-order valence-electron chi connectivity index (χ4n) is 4.25. The maximum absolute atomic E-state index is 13.4. The predicted molar refractivity (Wildman–Crippen MR) is 106 cm³/mol. The second-order valence-electron chi connectivity index (χ2n) is 7.70. The van der Waals surface area contributed by atoms with Gasteiger partial charge in [-0.05, 0) is 55.0 Å². The number of rotatable bonds is 7. The van der Waals surface area contributed by atoms with E-state index in [9.17, 15) is 19.4 Å². The molecule has 1 aliphatic rings. The second kappa shape index (κ2) is 8.84. The lowest BCUT2D eigenvalue weighted by Crippen LogP contribution is -2.47. The summed E-state index contributed by atoms with van der Waals surface area (Å²) in [7, 11) is 0. The van der Waals surface area contributed by atoms with Gasteiger partial charge in [-0.15, -0.1) is 0 Å². The van der Waals surface area contributed by atoms with Gasteiger partial charge in [0.05, 0.1) is 12.6 Å². The molecule has 2 atom stereocenters. The number of benzene rings is 2. The van der Waals surface area contributed by atoms with Crippen LogP contribution >= 0.6 is 0 Å². The van der Waals surface area contributed by atoms with Crippen molar-refractivity contribution >= 4 is 5.91 Å². The number of carbonyl (C=O) groups excluding carboxylic acids is 1. The number of carbonyl (C=O) groups is 1. The highest BCUT2D eigenvalue weighted by atomic mass is 19.1. The summed E-state index contributed by atoms with van der Waals surface area (Å²) in [4.78, 5) is 15.0. The van der Waals surface area contributed by atoms with Gasteiger partial charge in [0, 0.05) is 25.0 Å². The summed E-state index contributed by atoms with van der Waals surface area (Å²) < 4.78 is 13.4. The maximum atomic E-state index is 13.4. The van der Waals surface area contributed by atoms with Crippen LogP contribution < -0.4 is 0 Å². The number of hydrogen-bond acceptors (Lipinski definition) is 3. The Balaban J connectivity index is 1.80. The minimum Gasteiger partial charge on any atom is -0.396 e. The molecule has 2 aromatic rings. The number of halogens is 1. The summed E-state index contributed by atoms with van der Waals surface area (Å²) >= 11 is 0. The molecular formula is C23H28FNO3. The third-order valence-corrected chi connectivity index (χ3v) is 6.02. The maximum Gasteiger partial charge on any atom is 0.223 e. The number of aliphatic hydroxyl groups excluding tert-OH is 2. The number of hydrogen-bond donors (Lipinski definition) is 2. The normalized spacial score (nSPS) is 21.0. The molecular weight excluding hydrogens is 357 g/mol. The van der Waals surface area contributed by atoms with E-state index in [0.717, 1.165) is 23.1 Å². The van der Waals surface area contributed by atoms with E-state index in [1.54, 1.807) is 12.1 Å². The van der Waals surface area contributed by atoms with E-state index < -0.39 is 0 Å². The van der Waals surface area contributed by atoms with Gasteiger partial charge in [-0.2, -0.15) is 0 Å². The first-order chi connectivity index (χ1) is 13.5. The Hall–Kier alpha value is -2.24. The zero-order chi connectivity index (χ0) is 20.1. The molecule has 1 aliphatic heterocycles.